The van der Waals surface area contributed by atoms with Gasteiger partial charge in [0, 0.05) is 57.0 Å². The first kappa shape index (κ1) is 40.2. The van der Waals surface area contributed by atoms with E-state index < -0.39 is 17.6 Å². The Balaban J connectivity index is 1.01. The summed E-state index contributed by atoms with van der Waals surface area (Å²) in [4.78, 5) is 34.5. The average molecular weight is 787 g/mol. The maximum atomic E-state index is 13.6. The van der Waals surface area contributed by atoms with Crippen LogP contribution in [0.1, 0.15) is 68.6 Å². The van der Waals surface area contributed by atoms with Gasteiger partial charge in [-0.1, -0.05) is 17.9 Å². The maximum absolute atomic E-state index is 13.6. The van der Waals surface area contributed by atoms with Crippen molar-refractivity contribution < 1.29 is 27.3 Å². The highest BCUT2D eigenvalue weighted by Gasteiger charge is 2.26. The highest BCUT2D eigenvalue weighted by molar-refractivity contribution is 7.82. The molecule has 2 aliphatic heterocycles. The number of alkyl halides is 2. The molecule has 0 aliphatic carbocycles. The zero-order valence-corrected chi connectivity index (χ0v) is 32.2. The van der Waals surface area contributed by atoms with Gasteiger partial charge in [-0.05, 0) is 87.5 Å². The number of hydrogen-bond acceptors (Lipinski definition) is 10. The summed E-state index contributed by atoms with van der Waals surface area (Å²) in [5, 5.41) is 23.9. The van der Waals surface area contributed by atoms with Crippen molar-refractivity contribution >= 4 is 45.5 Å². The van der Waals surface area contributed by atoms with E-state index in [0.29, 0.717) is 59.6 Å². The van der Waals surface area contributed by atoms with E-state index >= 15 is 0 Å². The Morgan fingerprint density at radius 2 is 1.77 bits per heavy atom. The number of nitrogens with zero attached hydrogens (tertiary/aromatic N) is 7. The van der Waals surface area contributed by atoms with E-state index in [2.05, 4.69) is 77.6 Å². The van der Waals surface area contributed by atoms with Gasteiger partial charge in [0.2, 0.25) is 17.8 Å². The van der Waals surface area contributed by atoms with Gasteiger partial charge < -0.3 is 20.7 Å². The monoisotopic (exact) mass is 786 g/mol. The van der Waals surface area contributed by atoms with Gasteiger partial charge in [-0.25, -0.2) is 18.5 Å². The third-order valence-corrected chi connectivity index (χ3v) is 11.5. The van der Waals surface area contributed by atoms with E-state index in [1.54, 1.807) is 22.9 Å². The number of carbonyl (C=O) groups excluding carboxylic acids is 2. The molecule has 2 aromatic heterocycles. The van der Waals surface area contributed by atoms with Crippen LogP contribution in [0.2, 0.25) is 0 Å². The minimum atomic E-state index is -2.95. The molecule has 2 fully saturated rings. The lowest BCUT2D eigenvalue weighted by molar-refractivity contribution is -0.119. The highest BCUT2D eigenvalue weighted by atomic mass is 32.2. The summed E-state index contributed by atoms with van der Waals surface area (Å²) < 4.78 is 46.4. The van der Waals surface area contributed by atoms with Crippen molar-refractivity contribution in [2.75, 3.05) is 43.4 Å². The van der Waals surface area contributed by atoms with Crippen LogP contribution in [0.4, 0.5) is 20.5 Å². The molecule has 3 N–H and O–H groups in total. The summed E-state index contributed by atoms with van der Waals surface area (Å²) in [7, 11) is 0.402. The molecule has 0 spiro atoms. The number of aryl methyl sites for hydroxylation is 1. The Morgan fingerprint density at radius 1 is 1.04 bits per heavy atom. The molecule has 2 aliphatic rings. The number of hydrogen-bond donors (Lipinski definition) is 3. The second-order valence-electron chi connectivity index (χ2n) is 13.8. The van der Waals surface area contributed by atoms with Crippen molar-refractivity contribution in [3.05, 3.63) is 65.5 Å². The molecule has 56 heavy (non-hydrogen) atoms. The number of amides is 2. The molecule has 4 heterocycles. The first-order chi connectivity index (χ1) is 27.0. The Kier molecular flexibility index (Phi) is 13.2. The largest absolute Gasteiger partial charge is 0.432 e. The van der Waals surface area contributed by atoms with Crippen molar-refractivity contribution in [1.82, 2.24) is 34.3 Å². The standard InChI is InChI=1S/C39H44F2N10O4S/c1-25(50-16-11-27(12-17-50)29-7-9-34-35(21-29)49(3)48-37(34)47-36(53)10-15-43-26(2)52)4-5-28-20-33(8-6-30(28)22-42)56(54)51-18-13-31(14-19-51)46-39-44-23-32(24-45-39)55-38(40)41/h6-9,20-21,23-25,27,31,38H,10-19H2,1-3H3,(H,43,52)(H,44,45,46)(H,47,48,53). The summed E-state index contributed by atoms with van der Waals surface area (Å²) in [5.74, 6) is 7.19. The second kappa shape index (κ2) is 18.4. The van der Waals surface area contributed by atoms with E-state index in [9.17, 15) is 27.8 Å². The number of nitriles is 1. The molecule has 4 aromatic rings. The molecular formula is C39H44F2N10O4S. The number of fused-ring (bicyclic) bond motifs is 1. The zero-order valence-electron chi connectivity index (χ0n) is 31.4. The van der Waals surface area contributed by atoms with Crippen LogP contribution in [0.25, 0.3) is 10.9 Å². The zero-order chi connectivity index (χ0) is 39.8. The Bertz CT molecular complexity index is 2170. The molecule has 0 bridgehead atoms. The Morgan fingerprint density at radius 3 is 2.45 bits per heavy atom. The Hall–Kier alpha value is -5.49. The molecule has 0 saturated carbocycles. The van der Waals surface area contributed by atoms with Crippen LogP contribution in [0.3, 0.4) is 0 Å². The summed E-state index contributed by atoms with van der Waals surface area (Å²) in [6, 6.07) is 13.6. The number of anilines is 2. The van der Waals surface area contributed by atoms with E-state index in [1.165, 1.54) is 24.9 Å². The van der Waals surface area contributed by atoms with Gasteiger partial charge >= 0.3 is 6.61 Å². The van der Waals surface area contributed by atoms with Gasteiger partial charge in [-0.3, -0.25) is 19.2 Å². The Labute approximate surface area is 326 Å². The fourth-order valence-electron chi connectivity index (χ4n) is 6.95. The molecule has 2 unspecified atom stereocenters. The van der Waals surface area contributed by atoms with Crippen molar-refractivity contribution in [3.8, 4) is 23.7 Å². The first-order valence-electron chi connectivity index (χ1n) is 18.5. The first-order valence-corrected chi connectivity index (χ1v) is 19.6. The number of likely N-dealkylation sites (tertiary alicyclic amines) is 1. The smallest absolute Gasteiger partial charge is 0.387 e. The number of carbonyl (C=O) groups is 2. The molecular weight excluding hydrogens is 743 g/mol. The summed E-state index contributed by atoms with van der Waals surface area (Å²) in [6.07, 6.45) is 5.77. The van der Waals surface area contributed by atoms with Gasteiger partial charge in [-0.15, -0.1) is 0 Å². The van der Waals surface area contributed by atoms with Gasteiger partial charge in [0.25, 0.3) is 0 Å². The SMILES string of the molecule is CC(=O)NCCC(=O)Nc1nn(C)c2cc(C3CCN(C(C)C#Cc4cc(S(=O)N5CCC(Nc6ncc(OC(F)F)cn6)CC5)ccc4C#N)CC3)ccc12. The molecule has 14 nitrogen and oxygen atoms in total. The lowest BCUT2D eigenvalue weighted by atomic mass is 9.88. The van der Waals surface area contributed by atoms with Crippen LogP contribution in [-0.2, 0) is 27.6 Å². The predicted octanol–water partition coefficient (Wildman–Crippen LogP) is 4.52. The minimum Gasteiger partial charge on any atom is -0.432 e. The van der Waals surface area contributed by atoms with Crippen LogP contribution in [0, 0.1) is 23.2 Å². The molecule has 17 heteroatoms. The minimum absolute atomic E-state index is 0.0203. The summed E-state index contributed by atoms with van der Waals surface area (Å²) in [5.41, 5.74) is 3.12. The van der Waals surface area contributed by atoms with E-state index in [1.807, 2.05) is 17.4 Å². The van der Waals surface area contributed by atoms with Gasteiger partial charge in [0.1, 0.15) is 17.1 Å². The van der Waals surface area contributed by atoms with Crippen molar-refractivity contribution in [1.29, 1.82) is 5.26 Å². The van der Waals surface area contributed by atoms with Crippen molar-refractivity contribution in [2.24, 2.45) is 7.05 Å². The average Bonchev–Trinajstić information content (AvgIpc) is 3.50. The van der Waals surface area contributed by atoms with Crippen LogP contribution < -0.4 is 20.7 Å². The maximum Gasteiger partial charge on any atom is 0.387 e. The fourth-order valence-corrected chi connectivity index (χ4v) is 8.19. The third-order valence-electron chi connectivity index (χ3n) is 10.0. The number of benzene rings is 2. The summed E-state index contributed by atoms with van der Waals surface area (Å²) >= 11 is 0. The van der Waals surface area contributed by atoms with Gasteiger partial charge in [0.05, 0.1) is 34.4 Å². The molecule has 2 aromatic carbocycles. The van der Waals surface area contributed by atoms with E-state index in [0.717, 1.165) is 36.8 Å². The lowest BCUT2D eigenvalue weighted by Gasteiger charge is -2.34. The van der Waals surface area contributed by atoms with Crippen LogP contribution >= 0.6 is 0 Å². The summed E-state index contributed by atoms with van der Waals surface area (Å²) in [6.45, 7) is 3.58. The number of rotatable bonds is 12. The van der Waals surface area contributed by atoms with Gasteiger partial charge in [0.15, 0.2) is 11.6 Å². The molecule has 2 amide bonds. The number of aromatic nitrogens is 4. The fraction of sp³-hybridized carbons (Fsp3) is 0.436. The normalized spacial score (nSPS) is 16.7. The molecule has 0 radical (unpaired) electrons. The molecule has 6 rings (SSSR count). The van der Waals surface area contributed by atoms with Crippen molar-refractivity contribution in [2.45, 2.75) is 75.5 Å². The van der Waals surface area contributed by atoms with Crippen molar-refractivity contribution in [3.63, 3.8) is 0 Å². The predicted molar refractivity (Wildman–Crippen MR) is 207 cm³/mol. The molecule has 294 valence electrons. The third kappa shape index (κ3) is 10.2. The lowest BCUT2D eigenvalue weighted by Crippen LogP contribution is -2.40. The van der Waals surface area contributed by atoms with E-state index in [4.69, 9.17) is 0 Å². The van der Waals surface area contributed by atoms with Crippen LogP contribution in [0.5, 0.6) is 5.75 Å². The molecule has 2 atom stereocenters. The van der Waals surface area contributed by atoms with Gasteiger partial charge in [-0.2, -0.15) is 19.1 Å². The second-order valence-corrected chi connectivity index (χ2v) is 15.3. The topological polar surface area (TPSA) is 170 Å². The number of ether oxygens (including phenoxy) is 1. The van der Waals surface area contributed by atoms with Crippen LogP contribution in [0.15, 0.2) is 53.7 Å². The quantitative estimate of drug-likeness (QED) is 0.174. The number of nitrogens with one attached hydrogen (secondary N) is 3. The van der Waals surface area contributed by atoms with Crippen LogP contribution in [-0.4, -0.2) is 96.4 Å². The highest BCUT2D eigenvalue weighted by Crippen LogP contribution is 2.33. The number of piperidine rings is 2. The molecule has 2 saturated heterocycles. The number of halogens is 2. The van der Waals surface area contributed by atoms with E-state index in [-0.39, 0.29) is 42.6 Å².